The maximum atomic E-state index is 10.4. The highest BCUT2D eigenvalue weighted by atomic mass is 33.7. The first kappa shape index (κ1) is 24.3. The van der Waals surface area contributed by atoms with Crippen molar-refractivity contribution in [2.45, 2.75) is 77.0 Å². The SMILES string of the molecule is O=C(O)CCCCCCCSSSSCCCCCCCC(=O)O. The minimum Gasteiger partial charge on any atom is -0.481 e. The van der Waals surface area contributed by atoms with Gasteiger partial charge in [0, 0.05) is 24.3 Å². The molecule has 0 bridgehead atoms. The van der Waals surface area contributed by atoms with E-state index in [1.165, 1.54) is 37.2 Å². The summed E-state index contributed by atoms with van der Waals surface area (Å²) in [5, 5.41) is 17.1. The quantitative estimate of drug-likeness (QED) is 0.183. The van der Waals surface area contributed by atoms with E-state index in [4.69, 9.17) is 10.2 Å². The molecule has 0 saturated heterocycles. The van der Waals surface area contributed by atoms with Gasteiger partial charge in [-0.05, 0) is 45.3 Å². The van der Waals surface area contributed by atoms with Crippen molar-refractivity contribution < 1.29 is 19.8 Å². The molecule has 0 spiro atoms. The lowest BCUT2D eigenvalue weighted by Crippen LogP contribution is -1.93. The average Bonchev–Trinajstić information content (AvgIpc) is 2.53. The van der Waals surface area contributed by atoms with Crippen LogP contribution in [0.15, 0.2) is 0 Å². The standard InChI is InChI=1S/C16H30O4S4/c17-15(18)11-7-3-1-5-9-13-21-23-24-22-14-10-6-2-4-8-12-16(19)20/h1-14H2,(H,17,18)(H,19,20). The molecule has 0 amide bonds. The Morgan fingerprint density at radius 3 is 1.25 bits per heavy atom. The van der Waals surface area contributed by atoms with Crippen LogP contribution in [0, 0.1) is 0 Å². The summed E-state index contributed by atoms with van der Waals surface area (Å²) in [4.78, 5) is 20.7. The van der Waals surface area contributed by atoms with Crippen LogP contribution in [0.2, 0.25) is 0 Å². The molecule has 0 rings (SSSR count). The van der Waals surface area contributed by atoms with Crippen LogP contribution in [0.3, 0.4) is 0 Å². The first-order chi connectivity index (χ1) is 11.6. The van der Waals surface area contributed by atoms with E-state index < -0.39 is 11.9 Å². The normalized spacial score (nSPS) is 10.8. The Labute approximate surface area is 161 Å². The fourth-order valence-corrected chi connectivity index (χ4v) is 8.31. The van der Waals surface area contributed by atoms with Crippen molar-refractivity contribution in [2.75, 3.05) is 11.5 Å². The molecule has 0 unspecified atom stereocenters. The maximum absolute atomic E-state index is 10.4. The van der Waals surface area contributed by atoms with Crippen molar-refractivity contribution in [3.05, 3.63) is 0 Å². The lowest BCUT2D eigenvalue weighted by Gasteiger charge is -2.02. The smallest absolute Gasteiger partial charge is 0.303 e. The average molecular weight is 415 g/mol. The molecule has 0 radical (unpaired) electrons. The monoisotopic (exact) mass is 414 g/mol. The van der Waals surface area contributed by atoms with Crippen molar-refractivity contribution in [1.82, 2.24) is 0 Å². The number of hydrogen-bond acceptors (Lipinski definition) is 6. The molecule has 0 saturated carbocycles. The summed E-state index contributed by atoms with van der Waals surface area (Å²) in [5.41, 5.74) is 0. The Morgan fingerprint density at radius 2 is 0.875 bits per heavy atom. The Hall–Kier alpha value is 0.340. The Bertz CT molecular complexity index is 286. The van der Waals surface area contributed by atoms with Crippen LogP contribution in [-0.4, -0.2) is 33.7 Å². The third-order valence-electron chi connectivity index (χ3n) is 3.36. The van der Waals surface area contributed by atoms with Gasteiger partial charge in [0.15, 0.2) is 0 Å². The van der Waals surface area contributed by atoms with E-state index in [-0.39, 0.29) is 0 Å². The van der Waals surface area contributed by atoms with E-state index in [2.05, 4.69) is 0 Å². The van der Waals surface area contributed by atoms with Gasteiger partial charge in [-0.2, -0.15) is 0 Å². The Kier molecular flexibility index (Phi) is 19.9. The van der Waals surface area contributed by atoms with E-state index in [0.29, 0.717) is 12.8 Å². The van der Waals surface area contributed by atoms with Gasteiger partial charge in [-0.25, -0.2) is 0 Å². The fraction of sp³-hybridized carbons (Fsp3) is 0.875. The molecule has 0 aliphatic carbocycles. The highest BCUT2D eigenvalue weighted by Gasteiger charge is 1.99. The second kappa shape index (κ2) is 19.7. The molecule has 0 aliphatic heterocycles. The molecule has 0 aromatic rings. The summed E-state index contributed by atoms with van der Waals surface area (Å²) in [6, 6.07) is 0. The molecule has 8 heteroatoms. The third-order valence-corrected chi connectivity index (χ3v) is 10.00. The van der Waals surface area contributed by atoms with Gasteiger partial charge in [0.25, 0.3) is 0 Å². The van der Waals surface area contributed by atoms with Gasteiger partial charge in [0.05, 0.1) is 0 Å². The minimum absolute atomic E-state index is 0.306. The van der Waals surface area contributed by atoms with Crippen LogP contribution in [0.5, 0.6) is 0 Å². The highest BCUT2D eigenvalue weighted by molar-refractivity contribution is 9.26. The van der Waals surface area contributed by atoms with Gasteiger partial charge in [-0.1, -0.05) is 60.1 Å². The van der Waals surface area contributed by atoms with Crippen LogP contribution >= 0.6 is 41.2 Å². The molecule has 0 heterocycles. The van der Waals surface area contributed by atoms with Crippen molar-refractivity contribution in [3.8, 4) is 0 Å². The number of hydrogen-bond donors (Lipinski definition) is 2. The van der Waals surface area contributed by atoms with E-state index >= 15 is 0 Å². The largest absolute Gasteiger partial charge is 0.481 e. The second-order valence-electron chi connectivity index (χ2n) is 5.60. The Morgan fingerprint density at radius 1 is 0.542 bits per heavy atom. The van der Waals surface area contributed by atoms with E-state index in [1.54, 1.807) is 0 Å². The minimum atomic E-state index is -0.685. The molecular formula is C16H30O4S4. The van der Waals surface area contributed by atoms with Gasteiger partial charge in [0.1, 0.15) is 0 Å². The summed E-state index contributed by atoms with van der Waals surface area (Å²) in [5.74, 6) is 0.964. The lowest BCUT2D eigenvalue weighted by atomic mass is 10.1. The molecule has 24 heavy (non-hydrogen) atoms. The lowest BCUT2D eigenvalue weighted by molar-refractivity contribution is -0.138. The summed E-state index contributed by atoms with van der Waals surface area (Å²) < 4.78 is 0. The van der Waals surface area contributed by atoms with Gasteiger partial charge < -0.3 is 10.2 Å². The molecule has 2 N–H and O–H groups in total. The number of rotatable bonds is 19. The summed E-state index contributed by atoms with van der Waals surface area (Å²) in [6.07, 6.45) is 11.4. The number of carboxylic acid groups (broad SMARTS) is 2. The first-order valence-electron chi connectivity index (χ1n) is 8.64. The first-order valence-corrected chi connectivity index (χ1v) is 13.8. The molecule has 4 nitrogen and oxygen atoms in total. The molecule has 142 valence electrons. The van der Waals surface area contributed by atoms with E-state index in [0.717, 1.165) is 38.5 Å². The zero-order valence-electron chi connectivity index (χ0n) is 14.2. The number of aliphatic carboxylic acids is 2. The van der Waals surface area contributed by atoms with Crippen LogP contribution < -0.4 is 0 Å². The topological polar surface area (TPSA) is 74.6 Å². The van der Waals surface area contributed by atoms with Crippen LogP contribution in [0.1, 0.15) is 77.0 Å². The third kappa shape index (κ3) is 22.3. The molecule has 0 fully saturated rings. The maximum Gasteiger partial charge on any atom is 0.303 e. The van der Waals surface area contributed by atoms with Gasteiger partial charge in [-0.3, -0.25) is 9.59 Å². The fourth-order valence-electron chi connectivity index (χ4n) is 2.04. The predicted molar refractivity (Wildman–Crippen MR) is 111 cm³/mol. The zero-order valence-corrected chi connectivity index (χ0v) is 17.5. The molecule has 0 atom stereocenters. The zero-order chi connectivity index (χ0) is 17.9. The van der Waals surface area contributed by atoms with Crippen LogP contribution in [0.4, 0.5) is 0 Å². The highest BCUT2D eigenvalue weighted by Crippen LogP contribution is 2.43. The van der Waals surface area contributed by atoms with Crippen molar-refractivity contribution >= 4 is 53.2 Å². The predicted octanol–water partition coefficient (Wildman–Crippen LogP) is 6.51. The second-order valence-corrected chi connectivity index (χ2v) is 11.8. The van der Waals surface area contributed by atoms with Gasteiger partial charge in [0.2, 0.25) is 0 Å². The van der Waals surface area contributed by atoms with Gasteiger partial charge >= 0.3 is 11.9 Å². The van der Waals surface area contributed by atoms with Crippen molar-refractivity contribution in [2.24, 2.45) is 0 Å². The van der Waals surface area contributed by atoms with E-state index in [9.17, 15) is 9.59 Å². The number of carbonyl (C=O) groups is 2. The molecular weight excluding hydrogens is 384 g/mol. The number of unbranched alkanes of at least 4 members (excludes halogenated alkanes) is 8. The molecule has 0 aromatic heterocycles. The van der Waals surface area contributed by atoms with E-state index in [1.807, 2.05) is 41.2 Å². The van der Waals surface area contributed by atoms with Crippen LogP contribution in [0.25, 0.3) is 0 Å². The van der Waals surface area contributed by atoms with Crippen LogP contribution in [-0.2, 0) is 9.59 Å². The summed E-state index contributed by atoms with van der Waals surface area (Å²) in [6.45, 7) is 0. The Balaban J connectivity index is 3.00. The van der Waals surface area contributed by atoms with Crippen molar-refractivity contribution in [3.63, 3.8) is 0 Å². The number of carboxylic acids is 2. The van der Waals surface area contributed by atoms with Crippen molar-refractivity contribution in [1.29, 1.82) is 0 Å². The molecule has 0 aromatic carbocycles. The summed E-state index contributed by atoms with van der Waals surface area (Å²) >= 11 is 0. The summed E-state index contributed by atoms with van der Waals surface area (Å²) in [7, 11) is 7.53. The molecule has 0 aliphatic rings. The van der Waals surface area contributed by atoms with Gasteiger partial charge in [-0.15, -0.1) is 0 Å².